The van der Waals surface area contributed by atoms with Crippen molar-refractivity contribution in [2.24, 2.45) is 5.16 Å². The van der Waals surface area contributed by atoms with Crippen LogP contribution in [0.1, 0.15) is 27.3 Å². The normalized spacial score (nSPS) is 14.6. The fourth-order valence-corrected chi connectivity index (χ4v) is 3.18. The second-order valence-corrected chi connectivity index (χ2v) is 6.09. The van der Waals surface area contributed by atoms with E-state index in [-0.39, 0.29) is 21.7 Å². The number of imidazole rings is 1. The average Bonchev–Trinajstić information content (AvgIpc) is 3.03. The van der Waals surface area contributed by atoms with Gasteiger partial charge in [0.15, 0.2) is 0 Å². The molecule has 118 valence electrons. The van der Waals surface area contributed by atoms with Gasteiger partial charge in [-0.05, 0) is 34.1 Å². The first-order chi connectivity index (χ1) is 11.6. The van der Waals surface area contributed by atoms with E-state index in [1.807, 2.05) is 0 Å². The van der Waals surface area contributed by atoms with Crippen molar-refractivity contribution >= 4 is 27.4 Å². The number of fused-ring (bicyclic) bond motifs is 2. The molecule has 7 heteroatoms. The first kappa shape index (κ1) is 14.8. The molecular formula is C17H9BrFN3O2. The molecule has 0 bridgehead atoms. The third-order valence-corrected chi connectivity index (χ3v) is 4.52. The number of benzene rings is 2. The third-order valence-electron chi connectivity index (χ3n) is 3.92. The second kappa shape index (κ2) is 5.38. The highest BCUT2D eigenvalue weighted by Gasteiger charge is 2.33. The summed E-state index contributed by atoms with van der Waals surface area (Å²) in [6.07, 6.45) is 1.46. The quantitative estimate of drug-likeness (QED) is 0.402. The summed E-state index contributed by atoms with van der Waals surface area (Å²) in [5.74, 6) is -0.632. The first-order valence-electron chi connectivity index (χ1n) is 7.01. The van der Waals surface area contributed by atoms with Crippen LogP contribution in [0.4, 0.5) is 4.39 Å². The number of carbonyl (C=O) groups is 1. The molecule has 1 aromatic heterocycles. The Morgan fingerprint density at radius 1 is 1.17 bits per heavy atom. The fourth-order valence-electron chi connectivity index (χ4n) is 2.81. The molecule has 5 nitrogen and oxygen atoms in total. The molecule has 0 saturated heterocycles. The van der Waals surface area contributed by atoms with E-state index in [0.717, 1.165) is 0 Å². The lowest BCUT2D eigenvalue weighted by molar-refractivity contribution is 0.103. The van der Waals surface area contributed by atoms with Crippen LogP contribution in [0.25, 0.3) is 5.69 Å². The van der Waals surface area contributed by atoms with Crippen molar-refractivity contribution < 1.29 is 14.4 Å². The van der Waals surface area contributed by atoms with Crippen LogP contribution in [0.2, 0.25) is 0 Å². The zero-order chi connectivity index (χ0) is 16.8. The molecule has 0 saturated carbocycles. The maximum Gasteiger partial charge on any atom is 0.212 e. The molecule has 1 aliphatic rings. The van der Waals surface area contributed by atoms with E-state index in [2.05, 4.69) is 26.1 Å². The minimum absolute atomic E-state index is 0.231. The highest BCUT2D eigenvalue weighted by molar-refractivity contribution is 9.10. The van der Waals surface area contributed by atoms with E-state index < -0.39 is 5.82 Å². The zero-order valence-electron chi connectivity index (χ0n) is 12.1. The van der Waals surface area contributed by atoms with Crippen molar-refractivity contribution in [3.8, 4) is 5.69 Å². The Hall–Kier alpha value is -2.80. The molecule has 4 rings (SSSR count). The highest BCUT2D eigenvalue weighted by atomic mass is 79.9. The number of aromatic nitrogens is 2. The number of halogens is 2. The standard InChI is InChI=1S/C17H9BrFN3O2/c18-12-7-9(5-6-13(12)19)22-8-20-15-14(21-24)10-3-1-2-4-11(10)17(23)16(15)22/h1-8,24H/b21-14+. The van der Waals surface area contributed by atoms with Crippen molar-refractivity contribution in [3.63, 3.8) is 0 Å². The van der Waals surface area contributed by atoms with E-state index in [1.165, 1.54) is 12.4 Å². The van der Waals surface area contributed by atoms with Crippen LogP contribution in [0, 0.1) is 5.82 Å². The molecule has 24 heavy (non-hydrogen) atoms. The summed E-state index contributed by atoms with van der Waals surface area (Å²) in [5, 5.41) is 12.7. The molecule has 0 amide bonds. The molecule has 0 atom stereocenters. The number of oxime groups is 1. The number of nitrogens with zero attached hydrogens (tertiary/aromatic N) is 3. The van der Waals surface area contributed by atoms with Crippen LogP contribution in [0.3, 0.4) is 0 Å². The molecule has 3 aromatic rings. The van der Waals surface area contributed by atoms with Gasteiger partial charge in [0.25, 0.3) is 0 Å². The lowest BCUT2D eigenvalue weighted by atomic mass is 9.89. The van der Waals surface area contributed by atoms with Gasteiger partial charge < -0.3 is 5.21 Å². The van der Waals surface area contributed by atoms with E-state index in [0.29, 0.717) is 22.5 Å². The highest BCUT2D eigenvalue weighted by Crippen LogP contribution is 2.29. The minimum atomic E-state index is -0.401. The minimum Gasteiger partial charge on any atom is -0.410 e. The Kier molecular flexibility index (Phi) is 3.31. The molecular weight excluding hydrogens is 377 g/mol. The molecule has 0 aliphatic heterocycles. The van der Waals surface area contributed by atoms with Crippen molar-refractivity contribution in [3.05, 3.63) is 81.6 Å². The Morgan fingerprint density at radius 3 is 2.62 bits per heavy atom. The largest absolute Gasteiger partial charge is 0.410 e. The number of hydrogen-bond acceptors (Lipinski definition) is 4. The summed E-state index contributed by atoms with van der Waals surface area (Å²) in [6, 6.07) is 11.3. The maximum absolute atomic E-state index is 13.5. The lowest BCUT2D eigenvalue weighted by Gasteiger charge is -2.17. The average molecular weight is 386 g/mol. The van der Waals surface area contributed by atoms with Gasteiger partial charge in [0.1, 0.15) is 29.2 Å². The Bertz CT molecular complexity index is 1030. The third kappa shape index (κ3) is 2.01. The van der Waals surface area contributed by atoms with E-state index >= 15 is 0 Å². The smallest absolute Gasteiger partial charge is 0.212 e. The van der Waals surface area contributed by atoms with Gasteiger partial charge in [-0.15, -0.1) is 0 Å². The zero-order valence-corrected chi connectivity index (χ0v) is 13.7. The predicted octanol–water partition coefficient (Wildman–Crippen LogP) is 3.54. The van der Waals surface area contributed by atoms with Gasteiger partial charge in [-0.25, -0.2) is 9.37 Å². The van der Waals surface area contributed by atoms with Gasteiger partial charge in [0, 0.05) is 16.8 Å². The van der Waals surface area contributed by atoms with Crippen molar-refractivity contribution in [2.45, 2.75) is 0 Å². The molecule has 2 aromatic carbocycles. The molecule has 1 N–H and O–H groups in total. The van der Waals surface area contributed by atoms with Gasteiger partial charge in [-0.1, -0.05) is 29.4 Å². The number of ketones is 1. The summed E-state index contributed by atoms with van der Waals surface area (Å²) in [4.78, 5) is 17.1. The molecule has 0 spiro atoms. The summed E-state index contributed by atoms with van der Waals surface area (Å²) in [7, 11) is 0. The van der Waals surface area contributed by atoms with Crippen LogP contribution in [-0.4, -0.2) is 26.3 Å². The Balaban J connectivity index is 1.97. The molecule has 0 unspecified atom stereocenters. The molecule has 0 radical (unpaired) electrons. The molecule has 1 heterocycles. The maximum atomic E-state index is 13.5. The van der Waals surface area contributed by atoms with Crippen LogP contribution in [0.15, 0.2) is 58.4 Å². The number of rotatable bonds is 1. The first-order valence-corrected chi connectivity index (χ1v) is 7.80. The second-order valence-electron chi connectivity index (χ2n) is 5.23. The van der Waals surface area contributed by atoms with Crippen molar-refractivity contribution in [1.29, 1.82) is 0 Å². The molecule has 0 fully saturated rings. The summed E-state index contributed by atoms with van der Waals surface area (Å²) < 4.78 is 15.3. The van der Waals surface area contributed by atoms with Crippen LogP contribution in [-0.2, 0) is 0 Å². The Morgan fingerprint density at radius 2 is 1.92 bits per heavy atom. The lowest BCUT2D eigenvalue weighted by Crippen LogP contribution is -2.23. The SMILES string of the molecule is O=C1c2ccccc2/C(=N\O)c2ncn(-c3ccc(F)c(Br)c3)c21. The van der Waals surface area contributed by atoms with E-state index in [4.69, 9.17) is 0 Å². The van der Waals surface area contributed by atoms with E-state index in [1.54, 1.807) is 41.0 Å². The predicted molar refractivity (Wildman–Crippen MR) is 88.5 cm³/mol. The summed E-state index contributed by atoms with van der Waals surface area (Å²) in [5.41, 5.74) is 2.34. The number of hydrogen-bond donors (Lipinski definition) is 1. The Labute approximate surface area is 144 Å². The van der Waals surface area contributed by atoms with Gasteiger partial charge in [-0.2, -0.15) is 0 Å². The summed E-state index contributed by atoms with van der Waals surface area (Å²) >= 11 is 3.14. The van der Waals surface area contributed by atoms with Gasteiger partial charge in [0.05, 0.1) is 4.47 Å². The van der Waals surface area contributed by atoms with Crippen molar-refractivity contribution in [2.75, 3.05) is 0 Å². The van der Waals surface area contributed by atoms with Crippen LogP contribution in [0.5, 0.6) is 0 Å². The van der Waals surface area contributed by atoms with Gasteiger partial charge in [0.2, 0.25) is 5.78 Å². The molecule has 1 aliphatic carbocycles. The van der Waals surface area contributed by atoms with Crippen molar-refractivity contribution in [1.82, 2.24) is 9.55 Å². The van der Waals surface area contributed by atoms with Crippen LogP contribution >= 0.6 is 15.9 Å². The summed E-state index contributed by atoms with van der Waals surface area (Å²) in [6.45, 7) is 0. The monoisotopic (exact) mass is 385 g/mol. The van der Waals surface area contributed by atoms with Gasteiger partial charge >= 0.3 is 0 Å². The fraction of sp³-hybridized carbons (Fsp3) is 0. The van der Waals surface area contributed by atoms with Gasteiger partial charge in [-0.3, -0.25) is 9.36 Å². The topological polar surface area (TPSA) is 67.5 Å². The van der Waals surface area contributed by atoms with Crippen LogP contribution < -0.4 is 0 Å². The van der Waals surface area contributed by atoms with E-state index in [9.17, 15) is 14.4 Å². The number of carbonyl (C=O) groups excluding carboxylic acids is 1.